The Kier molecular flexibility index (Phi) is 2.42. The summed E-state index contributed by atoms with van der Waals surface area (Å²) in [5.41, 5.74) is -1.13. The first-order valence-corrected chi connectivity index (χ1v) is 5.87. The van der Waals surface area contributed by atoms with E-state index in [9.17, 15) is 9.59 Å². The number of carboxylic acids is 1. The van der Waals surface area contributed by atoms with E-state index in [1.54, 1.807) is 11.8 Å². The molecule has 0 bridgehead atoms. The molecule has 1 saturated heterocycles. The van der Waals surface area contributed by atoms with E-state index in [1.165, 1.54) is 0 Å². The topological polar surface area (TPSA) is 66.8 Å². The average molecular weight is 241 g/mol. The Hall–Kier alpha value is -1.26. The third-order valence-corrected chi connectivity index (χ3v) is 3.86. The number of piperidine rings is 1. The molecule has 1 N–H and O–H groups in total. The van der Waals surface area contributed by atoms with Gasteiger partial charge in [0.05, 0.1) is 5.41 Å². The van der Waals surface area contributed by atoms with Gasteiger partial charge in [-0.05, 0) is 39.5 Å². The first-order chi connectivity index (χ1) is 7.66. The molecule has 1 aliphatic carbocycles. The molecule has 0 radical (unpaired) electrons. The van der Waals surface area contributed by atoms with Crippen LogP contribution in [-0.4, -0.2) is 40.8 Å². The lowest BCUT2D eigenvalue weighted by molar-refractivity contribution is -0.144. The Labute approximate surface area is 101 Å². The summed E-state index contributed by atoms with van der Waals surface area (Å²) in [4.78, 5) is 24.4. The maximum absolute atomic E-state index is 11.8. The Morgan fingerprint density at radius 1 is 1.29 bits per heavy atom. The second-order valence-corrected chi connectivity index (χ2v) is 6.19. The van der Waals surface area contributed by atoms with Crippen molar-refractivity contribution in [3.8, 4) is 0 Å². The molecule has 5 heteroatoms. The molecular weight excluding hydrogens is 222 g/mol. The van der Waals surface area contributed by atoms with Gasteiger partial charge in [0.25, 0.3) is 0 Å². The van der Waals surface area contributed by atoms with Crippen LogP contribution in [0.5, 0.6) is 0 Å². The third kappa shape index (κ3) is 1.87. The third-order valence-electron chi connectivity index (χ3n) is 3.86. The van der Waals surface area contributed by atoms with Crippen molar-refractivity contribution in [3.63, 3.8) is 0 Å². The molecular formula is C12H19NO4. The number of likely N-dealkylation sites (tertiary alicyclic amines) is 1. The quantitative estimate of drug-likeness (QED) is 0.756. The highest BCUT2D eigenvalue weighted by Crippen LogP contribution is 2.62. The smallest absolute Gasteiger partial charge is 0.410 e. The van der Waals surface area contributed by atoms with Crippen LogP contribution in [0.25, 0.3) is 0 Å². The number of aliphatic carboxylic acids is 1. The molecule has 1 heterocycles. The highest BCUT2D eigenvalue weighted by molar-refractivity contribution is 5.80. The number of rotatable bonds is 1. The van der Waals surface area contributed by atoms with E-state index in [2.05, 4.69) is 0 Å². The summed E-state index contributed by atoms with van der Waals surface area (Å²) in [5.74, 6) is -0.573. The molecule has 1 amide bonds. The first kappa shape index (κ1) is 12.2. The molecule has 2 unspecified atom stereocenters. The van der Waals surface area contributed by atoms with Gasteiger partial charge in [-0.25, -0.2) is 4.79 Å². The van der Waals surface area contributed by atoms with Gasteiger partial charge in [-0.1, -0.05) is 0 Å². The number of carbonyl (C=O) groups is 2. The summed E-state index contributed by atoms with van der Waals surface area (Å²) in [6, 6.07) is 0. The summed E-state index contributed by atoms with van der Waals surface area (Å²) < 4.78 is 5.26. The molecule has 2 aliphatic rings. The van der Waals surface area contributed by atoms with Crippen molar-refractivity contribution in [1.29, 1.82) is 0 Å². The fourth-order valence-electron chi connectivity index (χ4n) is 2.67. The fourth-order valence-corrected chi connectivity index (χ4v) is 2.67. The van der Waals surface area contributed by atoms with Crippen molar-refractivity contribution < 1.29 is 19.4 Å². The van der Waals surface area contributed by atoms with Crippen LogP contribution >= 0.6 is 0 Å². The molecule has 0 spiro atoms. The zero-order chi connectivity index (χ0) is 13.0. The highest BCUT2D eigenvalue weighted by Gasteiger charge is 2.70. The second kappa shape index (κ2) is 3.37. The maximum Gasteiger partial charge on any atom is 0.410 e. The van der Waals surface area contributed by atoms with E-state index in [0.29, 0.717) is 13.1 Å². The van der Waals surface area contributed by atoms with Crippen LogP contribution in [0, 0.1) is 17.3 Å². The van der Waals surface area contributed by atoms with E-state index >= 15 is 0 Å². The molecule has 1 saturated carbocycles. The minimum atomic E-state index is -0.753. The predicted octanol–water partition coefficient (Wildman–Crippen LogP) is 1.57. The summed E-state index contributed by atoms with van der Waals surface area (Å²) >= 11 is 0. The Morgan fingerprint density at radius 3 is 2.12 bits per heavy atom. The van der Waals surface area contributed by atoms with Crippen LogP contribution in [0.1, 0.15) is 27.7 Å². The van der Waals surface area contributed by atoms with E-state index in [-0.39, 0.29) is 17.9 Å². The van der Waals surface area contributed by atoms with Crippen molar-refractivity contribution in [2.24, 2.45) is 17.3 Å². The lowest BCUT2D eigenvalue weighted by atomic mass is 10.0. The molecule has 1 aliphatic heterocycles. The van der Waals surface area contributed by atoms with Gasteiger partial charge in [0.2, 0.25) is 0 Å². The Balaban J connectivity index is 1.92. The van der Waals surface area contributed by atoms with Gasteiger partial charge < -0.3 is 14.7 Å². The van der Waals surface area contributed by atoms with Gasteiger partial charge in [-0.3, -0.25) is 4.79 Å². The van der Waals surface area contributed by atoms with Crippen molar-refractivity contribution in [1.82, 2.24) is 4.90 Å². The standard InChI is InChI=1S/C12H19NO4/c1-11(2,3)17-10(16)13-5-7-8(6-13)12(7,4)9(14)15/h7-8H,5-6H2,1-4H3,(H,14,15)/t7-,8?,12?/m1/s1. The molecule has 3 atom stereocenters. The van der Waals surface area contributed by atoms with Gasteiger partial charge in [0.1, 0.15) is 5.60 Å². The number of nitrogens with zero attached hydrogens (tertiary/aromatic N) is 1. The van der Waals surface area contributed by atoms with Gasteiger partial charge >= 0.3 is 12.1 Å². The fraction of sp³-hybridized carbons (Fsp3) is 0.833. The van der Waals surface area contributed by atoms with Gasteiger partial charge in [0.15, 0.2) is 0 Å². The van der Waals surface area contributed by atoms with Crippen LogP contribution < -0.4 is 0 Å². The van der Waals surface area contributed by atoms with Crippen molar-refractivity contribution in [3.05, 3.63) is 0 Å². The number of hydrogen-bond acceptors (Lipinski definition) is 3. The molecule has 0 aromatic carbocycles. The van der Waals surface area contributed by atoms with Crippen LogP contribution in [-0.2, 0) is 9.53 Å². The second-order valence-electron chi connectivity index (χ2n) is 6.19. The lowest BCUT2D eigenvalue weighted by Gasteiger charge is -2.26. The van der Waals surface area contributed by atoms with Crippen molar-refractivity contribution >= 4 is 12.1 Å². The number of fused-ring (bicyclic) bond motifs is 1. The maximum atomic E-state index is 11.8. The van der Waals surface area contributed by atoms with E-state index in [1.807, 2.05) is 20.8 Å². The largest absolute Gasteiger partial charge is 0.481 e. The number of ether oxygens (including phenoxy) is 1. The molecule has 0 aromatic heterocycles. The molecule has 2 rings (SSSR count). The minimum absolute atomic E-state index is 0.0903. The Morgan fingerprint density at radius 2 is 1.76 bits per heavy atom. The zero-order valence-corrected chi connectivity index (χ0v) is 10.7. The van der Waals surface area contributed by atoms with E-state index in [0.717, 1.165) is 0 Å². The number of carbonyl (C=O) groups excluding carboxylic acids is 1. The van der Waals surface area contributed by atoms with Gasteiger partial charge in [-0.15, -0.1) is 0 Å². The number of hydrogen-bond donors (Lipinski definition) is 1. The molecule has 5 nitrogen and oxygen atoms in total. The van der Waals surface area contributed by atoms with Gasteiger partial charge in [0, 0.05) is 13.1 Å². The van der Waals surface area contributed by atoms with Crippen LogP contribution in [0.3, 0.4) is 0 Å². The van der Waals surface area contributed by atoms with Crippen molar-refractivity contribution in [2.45, 2.75) is 33.3 Å². The lowest BCUT2D eigenvalue weighted by Crippen LogP contribution is -2.39. The Bertz CT molecular complexity index is 359. The predicted molar refractivity (Wildman–Crippen MR) is 60.5 cm³/mol. The number of amides is 1. The van der Waals surface area contributed by atoms with Crippen LogP contribution in [0.15, 0.2) is 0 Å². The summed E-state index contributed by atoms with van der Waals surface area (Å²) in [6.45, 7) is 8.23. The van der Waals surface area contributed by atoms with Crippen LogP contribution in [0.2, 0.25) is 0 Å². The summed E-state index contributed by atoms with van der Waals surface area (Å²) in [6.07, 6.45) is -0.336. The molecule has 0 aromatic rings. The molecule has 96 valence electrons. The normalized spacial score (nSPS) is 35.4. The monoisotopic (exact) mass is 241 g/mol. The summed E-state index contributed by atoms with van der Waals surface area (Å²) in [7, 11) is 0. The average Bonchev–Trinajstić information content (AvgIpc) is 2.60. The van der Waals surface area contributed by atoms with E-state index < -0.39 is 17.0 Å². The SMILES string of the molecule is CC(C)(C)OC(=O)N1CC2[C@@H](C1)C2(C)C(=O)O. The molecule has 2 fully saturated rings. The van der Waals surface area contributed by atoms with Crippen molar-refractivity contribution in [2.75, 3.05) is 13.1 Å². The first-order valence-electron chi connectivity index (χ1n) is 5.87. The summed E-state index contributed by atoms with van der Waals surface area (Å²) in [5, 5.41) is 9.09. The van der Waals surface area contributed by atoms with E-state index in [4.69, 9.17) is 9.84 Å². The number of carboxylic acid groups (broad SMARTS) is 1. The highest BCUT2D eigenvalue weighted by atomic mass is 16.6. The minimum Gasteiger partial charge on any atom is -0.481 e. The van der Waals surface area contributed by atoms with Crippen LogP contribution in [0.4, 0.5) is 4.79 Å². The molecule has 17 heavy (non-hydrogen) atoms. The zero-order valence-electron chi connectivity index (χ0n) is 10.7. The van der Waals surface area contributed by atoms with Gasteiger partial charge in [-0.2, -0.15) is 0 Å².